The van der Waals surface area contributed by atoms with Crippen molar-refractivity contribution in [1.82, 2.24) is 0 Å². The highest BCUT2D eigenvalue weighted by Gasteiger charge is 2.33. The summed E-state index contributed by atoms with van der Waals surface area (Å²) in [6.45, 7) is 3.23. The first-order valence-electron chi connectivity index (χ1n) is 8.31. The molecular formula is C15H26O9. The summed E-state index contributed by atoms with van der Waals surface area (Å²) in [5.74, 6) is 0. The Kier molecular flexibility index (Phi) is 7.20. The van der Waals surface area contributed by atoms with Gasteiger partial charge in [0.2, 0.25) is 0 Å². The monoisotopic (exact) mass is 350 g/mol. The van der Waals surface area contributed by atoms with Crippen molar-refractivity contribution in [1.29, 1.82) is 0 Å². The smallest absolute Gasteiger partial charge is 0.186 e. The van der Waals surface area contributed by atoms with Crippen LogP contribution in [0.25, 0.3) is 0 Å². The molecule has 3 aliphatic heterocycles. The minimum atomic E-state index is -0.971. The second-order valence-corrected chi connectivity index (χ2v) is 6.15. The predicted molar refractivity (Wildman–Crippen MR) is 78.6 cm³/mol. The highest BCUT2D eigenvalue weighted by atomic mass is 16.7. The van der Waals surface area contributed by atoms with Gasteiger partial charge in [-0.3, -0.25) is 0 Å². The van der Waals surface area contributed by atoms with Crippen molar-refractivity contribution >= 4 is 0 Å². The minimum Gasteiger partial charge on any atom is -0.394 e. The first kappa shape index (κ1) is 18.4. The number of hydrogen-bond acceptors (Lipinski definition) is 9. The van der Waals surface area contributed by atoms with Crippen LogP contribution < -0.4 is 0 Å². The molecule has 140 valence electrons. The van der Waals surface area contributed by atoms with Crippen molar-refractivity contribution in [2.45, 2.75) is 36.8 Å². The van der Waals surface area contributed by atoms with Crippen LogP contribution in [0.4, 0.5) is 0 Å². The van der Waals surface area contributed by atoms with E-state index in [4.69, 9.17) is 38.3 Å². The van der Waals surface area contributed by atoms with Gasteiger partial charge in [-0.15, -0.1) is 0 Å². The Bertz CT molecular complexity index is 357. The van der Waals surface area contributed by atoms with E-state index in [9.17, 15) is 5.11 Å². The van der Waals surface area contributed by atoms with Crippen molar-refractivity contribution < 1.29 is 43.4 Å². The van der Waals surface area contributed by atoms with Crippen molar-refractivity contribution in [2.24, 2.45) is 0 Å². The van der Waals surface area contributed by atoms with Crippen LogP contribution in [0, 0.1) is 0 Å². The molecule has 0 bridgehead atoms. The van der Waals surface area contributed by atoms with Crippen molar-refractivity contribution in [3.8, 4) is 0 Å². The highest BCUT2D eigenvalue weighted by molar-refractivity contribution is 4.74. The van der Waals surface area contributed by atoms with Crippen LogP contribution in [0.2, 0.25) is 0 Å². The summed E-state index contributed by atoms with van der Waals surface area (Å²) in [6, 6.07) is 0. The maximum atomic E-state index is 9.50. The Morgan fingerprint density at radius 3 is 2.00 bits per heavy atom. The SMILES string of the molecule is OCC(O)COC(OCC1CO1)C(COCC1CO1)OCC1CO1. The van der Waals surface area contributed by atoms with Gasteiger partial charge in [-0.25, -0.2) is 0 Å². The lowest BCUT2D eigenvalue weighted by molar-refractivity contribution is -0.229. The Labute approximate surface area is 140 Å². The maximum Gasteiger partial charge on any atom is 0.186 e. The molecule has 0 aromatic carbocycles. The van der Waals surface area contributed by atoms with Crippen LogP contribution in [0.3, 0.4) is 0 Å². The van der Waals surface area contributed by atoms with E-state index in [2.05, 4.69) is 0 Å². The van der Waals surface area contributed by atoms with Gasteiger partial charge in [-0.2, -0.15) is 0 Å². The first-order valence-corrected chi connectivity index (χ1v) is 8.31. The van der Waals surface area contributed by atoms with E-state index in [0.29, 0.717) is 33.0 Å². The summed E-state index contributed by atoms with van der Waals surface area (Å²) in [7, 11) is 0. The minimum absolute atomic E-state index is 0.0573. The number of rotatable bonds is 15. The quantitative estimate of drug-likeness (QED) is 0.263. The van der Waals surface area contributed by atoms with Crippen LogP contribution in [0.1, 0.15) is 0 Å². The van der Waals surface area contributed by atoms with Gasteiger partial charge in [0.15, 0.2) is 6.29 Å². The molecule has 0 aromatic heterocycles. The van der Waals surface area contributed by atoms with E-state index in [1.54, 1.807) is 0 Å². The summed E-state index contributed by atoms with van der Waals surface area (Å²) in [5.41, 5.74) is 0. The fourth-order valence-electron chi connectivity index (χ4n) is 1.97. The third-order valence-corrected chi connectivity index (χ3v) is 3.70. The molecule has 3 fully saturated rings. The summed E-state index contributed by atoms with van der Waals surface area (Å²) in [6.07, 6.45) is -1.83. The molecule has 0 spiro atoms. The molecule has 0 amide bonds. The molecule has 0 saturated carbocycles. The molecule has 0 radical (unpaired) electrons. The molecular weight excluding hydrogens is 324 g/mol. The zero-order chi connectivity index (χ0) is 16.8. The lowest BCUT2D eigenvalue weighted by Crippen LogP contribution is -2.41. The zero-order valence-electron chi connectivity index (χ0n) is 13.6. The van der Waals surface area contributed by atoms with E-state index in [0.717, 1.165) is 6.61 Å². The van der Waals surface area contributed by atoms with Crippen LogP contribution in [-0.2, 0) is 33.2 Å². The Morgan fingerprint density at radius 2 is 1.42 bits per heavy atom. The van der Waals surface area contributed by atoms with Gasteiger partial charge in [0.25, 0.3) is 0 Å². The highest BCUT2D eigenvalue weighted by Crippen LogP contribution is 2.17. The molecule has 9 heteroatoms. The van der Waals surface area contributed by atoms with Gasteiger partial charge in [-0.1, -0.05) is 0 Å². The zero-order valence-corrected chi connectivity index (χ0v) is 13.6. The van der Waals surface area contributed by atoms with E-state index in [1.165, 1.54) is 0 Å². The molecule has 6 unspecified atom stereocenters. The van der Waals surface area contributed by atoms with Crippen LogP contribution >= 0.6 is 0 Å². The van der Waals surface area contributed by atoms with E-state index >= 15 is 0 Å². The third-order valence-electron chi connectivity index (χ3n) is 3.70. The van der Waals surface area contributed by atoms with Crippen LogP contribution in [0.5, 0.6) is 0 Å². The Hall–Kier alpha value is -0.360. The third kappa shape index (κ3) is 7.26. The van der Waals surface area contributed by atoms with Gasteiger partial charge in [0, 0.05) is 0 Å². The van der Waals surface area contributed by atoms with Gasteiger partial charge < -0.3 is 43.4 Å². The van der Waals surface area contributed by atoms with Gasteiger partial charge in [-0.05, 0) is 0 Å². The van der Waals surface area contributed by atoms with Gasteiger partial charge in [0.1, 0.15) is 30.5 Å². The summed E-state index contributed by atoms with van der Waals surface area (Å²) < 4.78 is 38.2. The van der Waals surface area contributed by atoms with Crippen LogP contribution in [-0.4, -0.2) is 106 Å². The predicted octanol–water partition coefficient (Wildman–Crippen LogP) is -1.70. The van der Waals surface area contributed by atoms with E-state index < -0.39 is 18.5 Å². The molecule has 3 heterocycles. The fourth-order valence-corrected chi connectivity index (χ4v) is 1.97. The lowest BCUT2D eigenvalue weighted by Gasteiger charge is -2.28. The normalized spacial score (nSPS) is 31.5. The molecule has 24 heavy (non-hydrogen) atoms. The fraction of sp³-hybridized carbons (Fsp3) is 1.00. The maximum absolute atomic E-state index is 9.50. The molecule has 3 aliphatic rings. The van der Waals surface area contributed by atoms with Gasteiger partial charge in [0.05, 0.1) is 59.5 Å². The second kappa shape index (κ2) is 9.37. The Balaban J connectivity index is 1.47. The lowest BCUT2D eigenvalue weighted by atomic mass is 10.3. The Morgan fingerprint density at radius 1 is 0.833 bits per heavy atom. The van der Waals surface area contributed by atoms with Crippen molar-refractivity contribution in [3.05, 3.63) is 0 Å². The summed E-state index contributed by atoms with van der Waals surface area (Å²) in [4.78, 5) is 0. The number of aliphatic hydroxyl groups excluding tert-OH is 2. The van der Waals surface area contributed by atoms with Crippen LogP contribution in [0.15, 0.2) is 0 Å². The van der Waals surface area contributed by atoms with Crippen molar-refractivity contribution in [2.75, 3.05) is 59.5 Å². The number of epoxide rings is 3. The second-order valence-electron chi connectivity index (χ2n) is 6.15. The average Bonchev–Trinajstić information content (AvgIpc) is 3.44. The molecule has 6 atom stereocenters. The summed E-state index contributed by atoms with van der Waals surface area (Å²) in [5, 5.41) is 18.4. The number of hydrogen-bond donors (Lipinski definition) is 2. The van der Waals surface area contributed by atoms with E-state index in [1.807, 2.05) is 0 Å². The molecule has 0 aliphatic carbocycles. The van der Waals surface area contributed by atoms with Gasteiger partial charge >= 0.3 is 0 Å². The standard InChI is InChI=1S/C15H26O9/c16-1-10(17)2-23-15(24-8-13-6-21-13)14(22-7-12-5-20-12)9-18-3-11-4-19-11/h10-17H,1-9H2. The van der Waals surface area contributed by atoms with E-state index in [-0.39, 0.29) is 38.1 Å². The average molecular weight is 350 g/mol. The molecule has 0 aromatic rings. The largest absolute Gasteiger partial charge is 0.394 e. The molecule has 3 saturated heterocycles. The van der Waals surface area contributed by atoms with Crippen molar-refractivity contribution in [3.63, 3.8) is 0 Å². The molecule has 9 nitrogen and oxygen atoms in total. The summed E-state index contributed by atoms with van der Waals surface area (Å²) >= 11 is 0. The molecule has 2 N–H and O–H groups in total. The molecule has 3 rings (SSSR count). The number of ether oxygens (including phenoxy) is 7. The topological polar surface area (TPSA) is 115 Å². The number of aliphatic hydroxyl groups is 2. The first-order chi connectivity index (χ1) is 11.7.